The van der Waals surface area contributed by atoms with Crippen LogP contribution in [-0.2, 0) is 5.41 Å². The fraction of sp³-hybridized carbons (Fsp3) is 0.205. The minimum absolute atomic E-state index is 0.310. The highest BCUT2D eigenvalue weighted by atomic mass is 28.3. The molecule has 1 aliphatic carbocycles. The number of nitriles is 2. The zero-order valence-electron chi connectivity index (χ0n) is 30.6. The second-order valence-electron chi connectivity index (χ2n) is 16.1. The van der Waals surface area contributed by atoms with Gasteiger partial charge < -0.3 is 0 Å². The fourth-order valence-corrected chi connectivity index (χ4v) is 10.6. The van der Waals surface area contributed by atoms with Crippen molar-refractivity contribution in [1.82, 2.24) is 15.0 Å². The Balaban J connectivity index is 1.39. The molecule has 1 aliphatic rings. The van der Waals surface area contributed by atoms with Gasteiger partial charge in [0.25, 0.3) is 0 Å². The van der Waals surface area contributed by atoms with Crippen molar-refractivity contribution >= 4 is 26.5 Å². The summed E-state index contributed by atoms with van der Waals surface area (Å²) in [6.07, 6.45) is 0. The third kappa shape index (κ3) is 6.14. The maximum Gasteiger partial charge on any atom is 0.164 e. The molecule has 0 spiro atoms. The van der Waals surface area contributed by atoms with E-state index < -0.39 is 16.1 Å². The van der Waals surface area contributed by atoms with E-state index in [0.717, 1.165) is 27.8 Å². The van der Waals surface area contributed by atoms with Gasteiger partial charge in [-0.25, -0.2) is 15.0 Å². The Bertz CT molecular complexity index is 2350. The SMILES string of the molecule is CC1(C)c2cc(-c3cc(C#N)cc(C#N)c3)ccc2-c2ccc(-c3nc(-c4ccccc4[Si](C)(C)C)nc(-c4ccccc4[Si](C)(C)C)n3)cc21. The first kappa shape index (κ1) is 34.0. The normalized spacial score (nSPS) is 13.2. The smallest absolute Gasteiger partial charge is 0.164 e. The van der Waals surface area contributed by atoms with E-state index in [1.165, 1.54) is 32.6 Å². The van der Waals surface area contributed by atoms with Crippen molar-refractivity contribution in [2.45, 2.75) is 58.5 Å². The van der Waals surface area contributed by atoms with E-state index in [9.17, 15) is 10.5 Å². The number of rotatable bonds is 6. The molecule has 5 aromatic carbocycles. The van der Waals surface area contributed by atoms with Gasteiger partial charge >= 0.3 is 0 Å². The summed E-state index contributed by atoms with van der Waals surface area (Å²) in [5, 5.41) is 21.9. The molecule has 0 saturated heterocycles. The average molecular weight is 696 g/mol. The fourth-order valence-electron chi connectivity index (χ4n) is 7.39. The first-order valence-corrected chi connectivity index (χ1v) is 24.4. The second-order valence-corrected chi connectivity index (χ2v) is 26.1. The van der Waals surface area contributed by atoms with Crippen LogP contribution in [0.2, 0.25) is 39.3 Å². The van der Waals surface area contributed by atoms with E-state index in [-0.39, 0.29) is 5.41 Å². The number of hydrogen-bond acceptors (Lipinski definition) is 5. The van der Waals surface area contributed by atoms with E-state index in [4.69, 9.17) is 15.0 Å². The molecule has 0 N–H and O–H groups in total. The van der Waals surface area contributed by atoms with Crippen LogP contribution in [0, 0.1) is 22.7 Å². The van der Waals surface area contributed by atoms with Gasteiger partial charge in [0.05, 0.1) is 39.4 Å². The van der Waals surface area contributed by atoms with Crippen LogP contribution in [0.1, 0.15) is 36.1 Å². The largest absolute Gasteiger partial charge is 0.208 e. The monoisotopic (exact) mass is 695 g/mol. The summed E-state index contributed by atoms with van der Waals surface area (Å²) in [5.74, 6) is 2.09. The molecule has 5 nitrogen and oxygen atoms in total. The molecule has 1 heterocycles. The van der Waals surface area contributed by atoms with Crippen molar-refractivity contribution in [1.29, 1.82) is 10.5 Å². The minimum Gasteiger partial charge on any atom is -0.208 e. The van der Waals surface area contributed by atoms with Crippen molar-refractivity contribution in [2.75, 3.05) is 0 Å². The molecular weight excluding hydrogens is 655 g/mol. The Kier molecular flexibility index (Phi) is 8.26. The van der Waals surface area contributed by atoms with Gasteiger partial charge in [-0.2, -0.15) is 10.5 Å². The topological polar surface area (TPSA) is 86.2 Å². The molecule has 0 atom stereocenters. The van der Waals surface area contributed by atoms with E-state index in [2.05, 4.69) is 150 Å². The highest BCUT2D eigenvalue weighted by Gasteiger charge is 2.36. The second kappa shape index (κ2) is 12.4. The van der Waals surface area contributed by atoms with Gasteiger partial charge in [-0.3, -0.25) is 0 Å². The molecule has 1 aromatic heterocycles. The molecular formula is C44H41N5Si2. The molecule has 7 rings (SSSR count). The van der Waals surface area contributed by atoms with Crippen LogP contribution in [0.25, 0.3) is 56.4 Å². The summed E-state index contributed by atoms with van der Waals surface area (Å²) >= 11 is 0. The van der Waals surface area contributed by atoms with Gasteiger partial charge in [-0.15, -0.1) is 0 Å². The van der Waals surface area contributed by atoms with Crippen LogP contribution >= 0.6 is 0 Å². The van der Waals surface area contributed by atoms with Crippen LogP contribution in [0.5, 0.6) is 0 Å². The van der Waals surface area contributed by atoms with Gasteiger partial charge in [-0.05, 0) is 74.1 Å². The number of fused-ring (bicyclic) bond motifs is 3. The molecule has 0 saturated carbocycles. The van der Waals surface area contributed by atoms with Crippen LogP contribution in [0.15, 0.2) is 103 Å². The maximum atomic E-state index is 9.60. The summed E-state index contributed by atoms with van der Waals surface area (Å²) in [7, 11) is -3.46. The van der Waals surface area contributed by atoms with Crippen LogP contribution in [0.3, 0.4) is 0 Å². The Morgan fingerprint density at radius 3 is 1.37 bits per heavy atom. The lowest BCUT2D eigenvalue weighted by Gasteiger charge is -2.23. The quantitative estimate of drug-likeness (QED) is 0.162. The van der Waals surface area contributed by atoms with Crippen molar-refractivity contribution < 1.29 is 0 Å². The van der Waals surface area contributed by atoms with Gasteiger partial charge in [0.1, 0.15) is 0 Å². The lowest BCUT2D eigenvalue weighted by atomic mass is 9.81. The van der Waals surface area contributed by atoms with Crippen molar-refractivity contribution in [2.24, 2.45) is 0 Å². The van der Waals surface area contributed by atoms with Crippen molar-refractivity contribution in [3.63, 3.8) is 0 Å². The number of nitrogens with zero attached hydrogens (tertiary/aromatic N) is 5. The zero-order chi connectivity index (χ0) is 36.3. The summed E-state index contributed by atoms with van der Waals surface area (Å²) in [5.41, 5.74) is 10.4. The molecule has 0 fully saturated rings. The highest BCUT2D eigenvalue weighted by Crippen LogP contribution is 2.50. The van der Waals surface area contributed by atoms with Gasteiger partial charge in [-0.1, -0.05) is 126 Å². The predicted octanol–water partition coefficient (Wildman–Crippen LogP) is 9.68. The van der Waals surface area contributed by atoms with Crippen LogP contribution in [-0.4, -0.2) is 31.1 Å². The Hall–Kier alpha value is -5.48. The molecule has 6 aromatic rings. The summed E-state index contributed by atoms with van der Waals surface area (Å²) in [4.78, 5) is 15.7. The number of aromatic nitrogens is 3. The number of benzene rings is 5. The summed E-state index contributed by atoms with van der Waals surface area (Å²) in [6.45, 7) is 18.7. The predicted molar refractivity (Wildman–Crippen MR) is 215 cm³/mol. The average Bonchev–Trinajstić information content (AvgIpc) is 3.35. The molecule has 7 heteroatoms. The van der Waals surface area contributed by atoms with Crippen LogP contribution < -0.4 is 10.4 Å². The van der Waals surface area contributed by atoms with Crippen molar-refractivity contribution in [3.8, 4) is 68.6 Å². The molecule has 0 amide bonds. The molecule has 0 unspecified atom stereocenters. The standard InChI is InChI=1S/C44H41N5Si2/c1-44(2)37-24-30(32-22-28(26-45)21-29(23-32)27-46)17-19-33(37)34-20-18-31(25-38(34)44)41-47-42(35-13-9-11-15-39(35)50(3,4)5)49-43(48-41)36-14-10-12-16-40(36)51(6,7)8/h9-25H,1-8H3. The Morgan fingerprint density at radius 2 is 0.902 bits per heavy atom. The van der Waals surface area contributed by atoms with Gasteiger partial charge in [0.2, 0.25) is 0 Å². The third-order valence-electron chi connectivity index (χ3n) is 10.0. The summed E-state index contributed by atoms with van der Waals surface area (Å²) in [6, 6.07) is 40.0. The van der Waals surface area contributed by atoms with Gasteiger partial charge in [0, 0.05) is 22.1 Å². The first-order valence-electron chi connectivity index (χ1n) is 17.4. The van der Waals surface area contributed by atoms with Gasteiger partial charge in [0.15, 0.2) is 17.5 Å². The molecule has 0 radical (unpaired) electrons. The van der Waals surface area contributed by atoms with Crippen molar-refractivity contribution in [3.05, 3.63) is 125 Å². The summed E-state index contributed by atoms with van der Waals surface area (Å²) < 4.78 is 0. The highest BCUT2D eigenvalue weighted by molar-refractivity contribution is 6.90. The Labute approximate surface area is 303 Å². The van der Waals surface area contributed by atoms with E-state index in [0.29, 0.717) is 28.6 Å². The molecule has 51 heavy (non-hydrogen) atoms. The molecule has 0 bridgehead atoms. The third-order valence-corrected chi connectivity index (χ3v) is 14.2. The first-order chi connectivity index (χ1) is 24.2. The van der Waals surface area contributed by atoms with Crippen LogP contribution in [0.4, 0.5) is 0 Å². The molecule has 250 valence electrons. The lowest BCUT2D eigenvalue weighted by Crippen LogP contribution is -2.39. The Morgan fingerprint density at radius 1 is 0.471 bits per heavy atom. The maximum absolute atomic E-state index is 9.60. The van der Waals surface area contributed by atoms with E-state index in [1.54, 1.807) is 6.07 Å². The van der Waals surface area contributed by atoms with E-state index >= 15 is 0 Å². The van der Waals surface area contributed by atoms with E-state index in [1.807, 2.05) is 12.1 Å². The molecule has 0 aliphatic heterocycles. The zero-order valence-corrected chi connectivity index (χ0v) is 32.6. The lowest BCUT2D eigenvalue weighted by molar-refractivity contribution is 0.661. The number of hydrogen-bond donors (Lipinski definition) is 0. The minimum atomic E-state index is -1.73.